The number of likely N-dealkylation sites (tertiary alicyclic amines) is 2. The molecule has 2 aromatic rings. The van der Waals surface area contributed by atoms with Crippen LogP contribution in [0.25, 0.3) is 0 Å². The molecule has 3 heterocycles. The summed E-state index contributed by atoms with van der Waals surface area (Å²) >= 11 is 0. The maximum absolute atomic E-state index is 13.2. The van der Waals surface area contributed by atoms with Crippen molar-refractivity contribution in [1.82, 2.24) is 15.1 Å². The van der Waals surface area contributed by atoms with Crippen LogP contribution in [0.5, 0.6) is 5.75 Å². The molecule has 2 unspecified atom stereocenters. The largest absolute Gasteiger partial charge is 0.484 e. The number of hydrogen-bond acceptors (Lipinski definition) is 7. The minimum Gasteiger partial charge on any atom is -0.484 e. The van der Waals surface area contributed by atoms with Crippen LogP contribution in [0.2, 0.25) is 0 Å². The lowest BCUT2D eigenvalue weighted by molar-refractivity contribution is -0.161. The topological polar surface area (TPSA) is 107 Å². The summed E-state index contributed by atoms with van der Waals surface area (Å²) in [7, 11) is 0. The first-order valence-electron chi connectivity index (χ1n) is 15.1. The average Bonchev–Trinajstić information content (AvgIpc) is 3.48. The number of nitrogens with one attached hydrogen (secondary N) is 1. The Morgan fingerprint density at radius 1 is 0.953 bits per heavy atom. The van der Waals surface area contributed by atoms with E-state index in [-0.39, 0.29) is 30.6 Å². The highest BCUT2D eigenvalue weighted by atomic mass is 16.8. The first-order chi connectivity index (χ1) is 20.3. The van der Waals surface area contributed by atoms with Crippen LogP contribution in [-0.4, -0.2) is 84.1 Å². The van der Waals surface area contributed by atoms with Gasteiger partial charge in [-0.15, -0.1) is 0 Å². The van der Waals surface area contributed by atoms with Crippen molar-refractivity contribution in [1.29, 1.82) is 0 Å². The van der Waals surface area contributed by atoms with Gasteiger partial charge in [0.2, 0.25) is 0 Å². The molecule has 0 bridgehead atoms. The molecule has 0 aliphatic carbocycles. The van der Waals surface area contributed by atoms with Crippen LogP contribution in [0.15, 0.2) is 48.5 Å². The number of fused-ring (bicyclic) bond motifs is 1. The Morgan fingerprint density at radius 3 is 2.23 bits per heavy atom. The average molecular weight is 594 g/mol. The number of ether oxygens (including phenoxy) is 4. The van der Waals surface area contributed by atoms with Gasteiger partial charge < -0.3 is 34.1 Å². The summed E-state index contributed by atoms with van der Waals surface area (Å²) in [6, 6.07) is 15.2. The molecule has 10 heteroatoms. The summed E-state index contributed by atoms with van der Waals surface area (Å²) in [4.78, 5) is 41.4. The molecule has 0 spiro atoms. The van der Waals surface area contributed by atoms with Crippen molar-refractivity contribution in [3.63, 3.8) is 0 Å². The molecule has 5 rings (SSSR count). The van der Waals surface area contributed by atoms with Crippen LogP contribution in [0.3, 0.4) is 0 Å². The molecule has 43 heavy (non-hydrogen) atoms. The molecule has 3 fully saturated rings. The van der Waals surface area contributed by atoms with Crippen LogP contribution >= 0.6 is 0 Å². The van der Waals surface area contributed by atoms with Gasteiger partial charge in [0.15, 0.2) is 12.4 Å². The Hall–Kier alpha value is -3.63. The quantitative estimate of drug-likeness (QED) is 0.505. The van der Waals surface area contributed by atoms with E-state index in [1.54, 1.807) is 29.2 Å². The molecule has 0 aromatic heterocycles. The molecule has 0 saturated carbocycles. The second-order valence-corrected chi connectivity index (χ2v) is 13.0. The van der Waals surface area contributed by atoms with Crippen molar-refractivity contribution >= 4 is 17.9 Å². The monoisotopic (exact) mass is 593 g/mol. The Labute approximate surface area is 253 Å². The van der Waals surface area contributed by atoms with Crippen molar-refractivity contribution in [3.05, 3.63) is 65.2 Å². The van der Waals surface area contributed by atoms with Crippen LogP contribution < -0.4 is 10.1 Å². The third-order valence-corrected chi connectivity index (χ3v) is 7.94. The first-order valence-corrected chi connectivity index (χ1v) is 15.1. The minimum atomic E-state index is -0.606. The predicted octanol–water partition coefficient (Wildman–Crippen LogP) is 4.47. The zero-order valence-electron chi connectivity index (χ0n) is 25.8. The van der Waals surface area contributed by atoms with E-state index in [2.05, 4.69) is 17.4 Å². The van der Waals surface area contributed by atoms with Crippen molar-refractivity contribution in [2.45, 2.75) is 83.5 Å². The third kappa shape index (κ3) is 8.06. The Kier molecular flexibility index (Phi) is 8.99. The van der Waals surface area contributed by atoms with Gasteiger partial charge in [0.1, 0.15) is 23.6 Å². The van der Waals surface area contributed by atoms with E-state index in [1.165, 1.54) is 5.56 Å². The van der Waals surface area contributed by atoms with Crippen LogP contribution in [0.1, 0.15) is 74.9 Å². The van der Waals surface area contributed by atoms with Gasteiger partial charge in [-0.05, 0) is 88.8 Å². The van der Waals surface area contributed by atoms with E-state index < -0.39 is 17.5 Å². The van der Waals surface area contributed by atoms with E-state index in [1.807, 2.05) is 51.7 Å². The van der Waals surface area contributed by atoms with Gasteiger partial charge in [-0.3, -0.25) is 9.59 Å². The lowest BCUT2D eigenvalue weighted by Gasteiger charge is -2.32. The molecule has 3 saturated heterocycles. The van der Waals surface area contributed by atoms with Crippen molar-refractivity contribution in [2.24, 2.45) is 0 Å². The smallest absolute Gasteiger partial charge is 0.407 e. The Balaban J connectivity index is 1.06. The Morgan fingerprint density at radius 2 is 1.60 bits per heavy atom. The number of benzene rings is 2. The number of hydrogen-bond donors (Lipinski definition) is 1. The fraction of sp³-hybridized carbons (Fsp3) is 0.545. The lowest BCUT2D eigenvalue weighted by Crippen LogP contribution is -2.38. The number of rotatable bonds is 7. The van der Waals surface area contributed by atoms with Gasteiger partial charge in [0.25, 0.3) is 11.8 Å². The number of nitrogens with zero attached hydrogens (tertiary/aromatic N) is 2. The van der Waals surface area contributed by atoms with E-state index in [0.29, 0.717) is 50.0 Å². The number of alkyl carbamates (subject to hydrolysis) is 1. The SMILES string of the molecule is CC(C)(C)OC(=O)NCc1cccc(C2CCN(C(=O)c3ccc(OCC(=O)N4CC5OC(C)(C)OC5C4)cc3)CC2)c1. The van der Waals surface area contributed by atoms with Gasteiger partial charge in [-0.1, -0.05) is 24.3 Å². The highest BCUT2D eigenvalue weighted by Crippen LogP contribution is 2.33. The summed E-state index contributed by atoms with van der Waals surface area (Å²) in [5.41, 5.74) is 2.29. The van der Waals surface area contributed by atoms with Gasteiger partial charge >= 0.3 is 6.09 Å². The number of carbonyl (C=O) groups is 3. The molecule has 0 radical (unpaired) electrons. The number of carbonyl (C=O) groups excluding carboxylic acids is 3. The Bertz CT molecular complexity index is 1300. The van der Waals surface area contributed by atoms with Crippen molar-refractivity contribution in [2.75, 3.05) is 32.8 Å². The molecule has 10 nitrogen and oxygen atoms in total. The van der Waals surface area contributed by atoms with E-state index in [4.69, 9.17) is 18.9 Å². The highest BCUT2D eigenvalue weighted by molar-refractivity contribution is 5.94. The zero-order chi connectivity index (χ0) is 30.8. The normalized spacial score (nSPS) is 21.8. The second kappa shape index (κ2) is 12.5. The number of piperidine rings is 1. The molecule has 3 aliphatic heterocycles. The molecule has 232 valence electrons. The highest BCUT2D eigenvalue weighted by Gasteiger charge is 2.47. The molecule has 3 amide bonds. The van der Waals surface area contributed by atoms with Gasteiger partial charge in [0, 0.05) is 38.3 Å². The molecule has 3 aliphatic rings. The van der Waals surface area contributed by atoms with Crippen molar-refractivity contribution < 1.29 is 33.3 Å². The summed E-state index contributed by atoms with van der Waals surface area (Å²) in [6.45, 7) is 11.9. The summed E-state index contributed by atoms with van der Waals surface area (Å²) in [5.74, 6) is 0.150. The molecule has 2 aromatic carbocycles. The van der Waals surface area contributed by atoms with E-state index in [9.17, 15) is 14.4 Å². The van der Waals surface area contributed by atoms with Crippen LogP contribution in [0.4, 0.5) is 4.79 Å². The third-order valence-electron chi connectivity index (χ3n) is 7.94. The van der Waals surface area contributed by atoms with E-state index in [0.717, 1.165) is 18.4 Å². The molecular weight excluding hydrogens is 550 g/mol. The predicted molar refractivity (Wildman–Crippen MR) is 160 cm³/mol. The van der Waals surface area contributed by atoms with Gasteiger partial charge in [-0.2, -0.15) is 0 Å². The lowest BCUT2D eigenvalue weighted by atomic mass is 9.88. The number of amides is 3. The fourth-order valence-electron chi connectivity index (χ4n) is 5.90. The fourth-order valence-corrected chi connectivity index (χ4v) is 5.90. The van der Waals surface area contributed by atoms with Gasteiger partial charge in [-0.25, -0.2) is 4.79 Å². The molecule has 1 N–H and O–H groups in total. The van der Waals surface area contributed by atoms with Gasteiger partial charge in [0.05, 0.1) is 0 Å². The maximum Gasteiger partial charge on any atom is 0.407 e. The molecular formula is C33H43N3O7. The summed E-state index contributed by atoms with van der Waals surface area (Å²) in [6.07, 6.45) is 1.09. The standard InChI is InChI=1S/C33H43N3O7/c1-32(2,3)43-31(39)34-18-22-7-6-8-25(17-22)23-13-15-35(16-14-23)30(38)24-9-11-26(12-10-24)40-21-29(37)36-19-27-28(20-36)42-33(4,5)41-27/h6-12,17,23,27-28H,13-16,18-21H2,1-5H3,(H,34,39). The maximum atomic E-state index is 13.2. The minimum absolute atomic E-state index is 0.0112. The summed E-state index contributed by atoms with van der Waals surface area (Å²) < 4.78 is 22.8. The van der Waals surface area contributed by atoms with Crippen LogP contribution in [0, 0.1) is 0 Å². The summed E-state index contributed by atoms with van der Waals surface area (Å²) in [5, 5.41) is 2.81. The second-order valence-electron chi connectivity index (χ2n) is 13.0. The van der Waals surface area contributed by atoms with E-state index >= 15 is 0 Å². The van der Waals surface area contributed by atoms with Crippen LogP contribution in [-0.2, 0) is 25.5 Å². The zero-order valence-corrected chi connectivity index (χ0v) is 25.8. The molecule has 2 atom stereocenters. The van der Waals surface area contributed by atoms with Crippen molar-refractivity contribution in [3.8, 4) is 5.75 Å². The first kappa shape index (κ1) is 30.8.